The molecule has 0 saturated carbocycles. The Morgan fingerprint density at radius 3 is 2.68 bits per heavy atom. The molecule has 1 N–H and O–H groups in total. The maximum Gasteiger partial charge on any atom is 0.339 e. The predicted molar refractivity (Wildman–Crippen MR) is 90.0 cm³/mol. The zero-order valence-corrected chi connectivity index (χ0v) is 13.7. The SMILES string of the molecule is CC1(C(=O)Nc2ccc3c(c2)OCCO3)Cc2ccccc2C(=O)O1. The maximum absolute atomic E-state index is 12.8. The molecule has 6 nitrogen and oxygen atoms in total. The lowest BCUT2D eigenvalue weighted by atomic mass is 9.89. The Balaban J connectivity index is 1.56. The van der Waals surface area contributed by atoms with Gasteiger partial charge in [-0.2, -0.15) is 0 Å². The van der Waals surface area contributed by atoms with Crippen LogP contribution >= 0.6 is 0 Å². The average Bonchev–Trinajstić information content (AvgIpc) is 2.61. The van der Waals surface area contributed by atoms with Gasteiger partial charge >= 0.3 is 5.97 Å². The standard InChI is InChI=1S/C19H17NO5/c1-19(11-12-4-2-3-5-14(12)17(21)25-19)18(22)20-13-6-7-15-16(10-13)24-9-8-23-15/h2-7,10H,8-9,11H2,1H3,(H,20,22). The van der Waals surface area contributed by atoms with Crippen molar-refractivity contribution in [1.29, 1.82) is 0 Å². The van der Waals surface area contributed by atoms with Gasteiger partial charge < -0.3 is 19.5 Å². The lowest BCUT2D eigenvalue weighted by molar-refractivity contribution is -0.134. The monoisotopic (exact) mass is 339 g/mol. The molecule has 25 heavy (non-hydrogen) atoms. The van der Waals surface area contributed by atoms with Crippen LogP contribution in [0.4, 0.5) is 5.69 Å². The van der Waals surface area contributed by atoms with Crippen molar-refractivity contribution >= 4 is 17.6 Å². The Hall–Kier alpha value is -3.02. The molecule has 0 fully saturated rings. The highest BCUT2D eigenvalue weighted by atomic mass is 16.6. The summed E-state index contributed by atoms with van der Waals surface area (Å²) in [4.78, 5) is 25.0. The number of carbonyl (C=O) groups is 2. The molecule has 6 heteroatoms. The minimum Gasteiger partial charge on any atom is -0.486 e. The molecule has 0 aromatic heterocycles. The van der Waals surface area contributed by atoms with Gasteiger partial charge in [-0.15, -0.1) is 0 Å². The van der Waals surface area contributed by atoms with Gasteiger partial charge in [0, 0.05) is 18.2 Å². The Labute approximate surface area is 144 Å². The summed E-state index contributed by atoms with van der Waals surface area (Å²) in [5.41, 5.74) is 0.606. The molecule has 2 aromatic carbocycles. The van der Waals surface area contributed by atoms with Gasteiger partial charge in [-0.3, -0.25) is 4.79 Å². The van der Waals surface area contributed by atoms with Crippen molar-refractivity contribution < 1.29 is 23.8 Å². The molecular formula is C19H17NO5. The summed E-state index contributed by atoms with van der Waals surface area (Å²) in [6.45, 7) is 2.59. The smallest absolute Gasteiger partial charge is 0.339 e. The first kappa shape index (κ1) is 15.5. The van der Waals surface area contributed by atoms with Crippen LogP contribution < -0.4 is 14.8 Å². The van der Waals surface area contributed by atoms with Crippen molar-refractivity contribution in [1.82, 2.24) is 0 Å². The second-order valence-corrected chi connectivity index (χ2v) is 6.27. The number of hydrogen-bond donors (Lipinski definition) is 1. The second-order valence-electron chi connectivity index (χ2n) is 6.27. The van der Waals surface area contributed by atoms with Gasteiger partial charge in [0.2, 0.25) is 0 Å². The number of esters is 1. The molecule has 0 aliphatic carbocycles. The summed E-state index contributed by atoms with van der Waals surface area (Å²) in [6, 6.07) is 12.3. The molecule has 0 spiro atoms. The van der Waals surface area contributed by atoms with Crippen LogP contribution in [-0.4, -0.2) is 30.7 Å². The Morgan fingerprint density at radius 1 is 1.08 bits per heavy atom. The Morgan fingerprint density at radius 2 is 1.84 bits per heavy atom. The van der Waals surface area contributed by atoms with Gasteiger partial charge in [0.1, 0.15) is 13.2 Å². The zero-order chi connectivity index (χ0) is 17.4. The van der Waals surface area contributed by atoms with Crippen LogP contribution in [0.5, 0.6) is 11.5 Å². The van der Waals surface area contributed by atoms with Gasteiger partial charge in [0.25, 0.3) is 5.91 Å². The van der Waals surface area contributed by atoms with Crippen molar-refractivity contribution in [3.05, 3.63) is 53.6 Å². The lowest BCUT2D eigenvalue weighted by Crippen LogP contribution is -2.48. The first-order chi connectivity index (χ1) is 12.0. The normalized spacial score (nSPS) is 21.1. The van der Waals surface area contributed by atoms with Crippen molar-refractivity contribution in [3.8, 4) is 11.5 Å². The Bertz CT molecular complexity index is 863. The molecule has 0 radical (unpaired) electrons. The molecule has 1 unspecified atom stereocenters. The van der Waals surface area contributed by atoms with E-state index in [4.69, 9.17) is 14.2 Å². The van der Waals surface area contributed by atoms with E-state index >= 15 is 0 Å². The topological polar surface area (TPSA) is 73.9 Å². The maximum atomic E-state index is 12.8. The zero-order valence-electron chi connectivity index (χ0n) is 13.7. The third kappa shape index (κ3) is 2.80. The van der Waals surface area contributed by atoms with Crippen LogP contribution in [0.2, 0.25) is 0 Å². The van der Waals surface area contributed by atoms with E-state index in [9.17, 15) is 9.59 Å². The highest BCUT2D eigenvalue weighted by molar-refractivity contribution is 6.02. The summed E-state index contributed by atoms with van der Waals surface area (Å²) in [6.07, 6.45) is 0.325. The van der Waals surface area contributed by atoms with Crippen LogP contribution in [0.25, 0.3) is 0 Å². The van der Waals surface area contributed by atoms with Crippen LogP contribution in [0.1, 0.15) is 22.8 Å². The number of anilines is 1. The highest BCUT2D eigenvalue weighted by Crippen LogP contribution is 2.34. The number of nitrogens with one attached hydrogen (secondary N) is 1. The predicted octanol–water partition coefficient (Wildman–Crippen LogP) is 2.57. The lowest BCUT2D eigenvalue weighted by Gasteiger charge is -2.33. The van der Waals surface area contributed by atoms with E-state index in [0.717, 1.165) is 5.56 Å². The third-order valence-electron chi connectivity index (χ3n) is 4.36. The fourth-order valence-electron chi connectivity index (χ4n) is 3.04. The number of benzene rings is 2. The van der Waals surface area contributed by atoms with E-state index in [1.54, 1.807) is 37.3 Å². The molecule has 2 aliphatic heterocycles. The number of rotatable bonds is 2. The Kier molecular flexibility index (Phi) is 3.60. The average molecular weight is 339 g/mol. The van der Waals surface area contributed by atoms with E-state index in [1.165, 1.54) is 0 Å². The highest BCUT2D eigenvalue weighted by Gasteiger charge is 2.42. The molecule has 128 valence electrons. The number of amides is 1. The number of carbonyl (C=O) groups excluding carboxylic acids is 2. The minimum atomic E-state index is -1.27. The van der Waals surface area contributed by atoms with E-state index in [1.807, 2.05) is 12.1 Å². The summed E-state index contributed by atoms with van der Waals surface area (Å²) >= 11 is 0. The molecular weight excluding hydrogens is 322 g/mol. The van der Waals surface area contributed by atoms with Gasteiger partial charge in [0.15, 0.2) is 17.1 Å². The van der Waals surface area contributed by atoms with E-state index in [2.05, 4.69) is 5.32 Å². The quantitative estimate of drug-likeness (QED) is 0.851. The third-order valence-corrected chi connectivity index (χ3v) is 4.36. The van der Waals surface area contributed by atoms with Gasteiger partial charge in [-0.25, -0.2) is 4.79 Å². The van der Waals surface area contributed by atoms with E-state index in [0.29, 0.717) is 42.4 Å². The molecule has 1 atom stereocenters. The van der Waals surface area contributed by atoms with Crippen LogP contribution in [0.15, 0.2) is 42.5 Å². The summed E-state index contributed by atoms with van der Waals surface area (Å²) in [5.74, 6) is 0.363. The van der Waals surface area contributed by atoms with E-state index < -0.39 is 11.6 Å². The van der Waals surface area contributed by atoms with Crippen LogP contribution in [0, 0.1) is 0 Å². The van der Waals surface area contributed by atoms with Crippen molar-refractivity contribution in [3.63, 3.8) is 0 Å². The number of hydrogen-bond acceptors (Lipinski definition) is 5. The molecule has 2 aromatic rings. The molecule has 0 bridgehead atoms. The fraction of sp³-hybridized carbons (Fsp3) is 0.263. The van der Waals surface area contributed by atoms with Crippen LogP contribution in [-0.2, 0) is 16.0 Å². The van der Waals surface area contributed by atoms with E-state index in [-0.39, 0.29) is 5.91 Å². The van der Waals surface area contributed by atoms with Crippen molar-refractivity contribution in [2.45, 2.75) is 18.9 Å². The first-order valence-electron chi connectivity index (χ1n) is 8.07. The molecule has 0 saturated heterocycles. The molecule has 2 heterocycles. The van der Waals surface area contributed by atoms with Gasteiger partial charge in [-0.1, -0.05) is 18.2 Å². The number of cyclic esters (lactones) is 1. The molecule has 2 aliphatic rings. The minimum absolute atomic E-state index is 0.325. The van der Waals surface area contributed by atoms with Crippen LogP contribution in [0.3, 0.4) is 0 Å². The summed E-state index contributed by atoms with van der Waals surface area (Å²) in [7, 11) is 0. The summed E-state index contributed by atoms with van der Waals surface area (Å²) in [5, 5.41) is 2.80. The molecule has 1 amide bonds. The van der Waals surface area contributed by atoms with Gasteiger partial charge in [-0.05, 0) is 30.7 Å². The summed E-state index contributed by atoms with van der Waals surface area (Å²) < 4.78 is 16.4. The molecule has 4 rings (SSSR count). The fourth-order valence-corrected chi connectivity index (χ4v) is 3.04. The van der Waals surface area contributed by atoms with Gasteiger partial charge in [0.05, 0.1) is 5.56 Å². The van der Waals surface area contributed by atoms with Crippen molar-refractivity contribution in [2.24, 2.45) is 0 Å². The second kappa shape index (κ2) is 5.81. The largest absolute Gasteiger partial charge is 0.486 e. The number of ether oxygens (including phenoxy) is 3. The van der Waals surface area contributed by atoms with Crippen molar-refractivity contribution in [2.75, 3.05) is 18.5 Å². The first-order valence-corrected chi connectivity index (χ1v) is 8.07. The number of fused-ring (bicyclic) bond motifs is 2.